The first-order valence-corrected chi connectivity index (χ1v) is 8.45. The second-order valence-electron chi connectivity index (χ2n) is 6.45. The molecule has 3 rings (SSSR count). The molecule has 0 radical (unpaired) electrons. The van der Waals surface area contributed by atoms with Crippen LogP contribution in [-0.4, -0.2) is 54.5 Å². The largest absolute Gasteiger partial charge is 0.378 e. The highest BCUT2D eigenvalue weighted by atomic mass is 19.1. The van der Waals surface area contributed by atoms with Crippen LogP contribution in [0.25, 0.3) is 0 Å². The van der Waals surface area contributed by atoms with Gasteiger partial charge < -0.3 is 14.5 Å². The zero-order chi connectivity index (χ0) is 17.1. The number of carbonyl (C=O) groups is 2. The summed E-state index contributed by atoms with van der Waals surface area (Å²) < 4.78 is 18.4. The summed E-state index contributed by atoms with van der Waals surface area (Å²) in [4.78, 5) is 28.4. The van der Waals surface area contributed by atoms with E-state index in [-0.39, 0.29) is 29.6 Å². The fourth-order valence-corrected chi connectivity index (χ4v) is 3.59. The fraction of sp³-hybridized carbons (Fsp3) is 0.556. The van der Waals surface area contributed by atoms with E-state index in [0.29, 0.717) is 39.3 Å². The Morgan fingerprint density at radius 1 is 1.12 bits per heavy atom. The molecule has 0 N–H and O–H groups in total. The zero-order valence-corrected chi connectivity index (χ0v) is 13.9. The molecule has 6 heteroatoms. The molecule has 0 spiro atoms. The number of benzene rings is 1. The van der Waals surface area contributed by atoms with Crippen LogP contribution in [-0.2, 0) is 14.3 Å². The number of halogens is 1. The van der Waals surface area contributed by atoms with Gasteiger partial charge in [-0.15, -0.1) is 0 Å². The number of carbonyl (C=O) groups excluding carboxylic acids is 2. The van der Waals surface area contributed by atoms with Gasteiger partial charge in [0.25, 0.3) is 0 Å². The van der Waals surface area contributed by atoms with Gasteiger partial charge in [-0.2, -0.15) is 0 Å². The van der Waals surface area contributed by atoms with Crippen LogP contribution >= 0.6 is 0 Å². The molecule has 0 aliphatic carbocycles. The van der Waals surface area contributed by atoms with Gasteiger partial charge in [0.1, 0.15) is 5.82 Å². The van der Waals surface area contributed by atoms with E-state index in [1.165, 1.54) is 19.1 Å². The molecule has 2 aliphatic heterocycles. The standard InChI is InChI=1S/C18H23FN2O3/c1-13(22)21-12-15(18(23)20-8-10-24-11-9-20)4-7-17(21)14-2-5-16(19)6-3-14/h2-3,5-6,15,17H,4,7-12H2,1H3. The van der Waals surface area contributed by atoms with Gasteiger partial charge in [0.05, 0.1) is 25.2 Å². The van der Waals surface area contributed by atoms with E-state index in [1.807, 2.05) is 4.90 Å². The van der Waals surface area contributed by atoms with Crippen LogP contribution in [0.1, 0.15) is 31.4 Å². The molecule has 1 aromatic rings. The normalized spacial score (nSPS) is 24.8. The number of nitrogens with zero attached hydrogens (tertiary/aromatic N) is 2. The van der Waals surface area contributed by atoms with Crippen molar-refractivity contribution in [1.82, 2.24) is 9.80 Å². The smallest absolute Gasteiger partial charge is 0.227 e. The van der Waals surface area contributed by atoms with Crippen LogP contribution in [0.15, 0.2) is 24.3 Å². The van der Waals surface area contributed by atoms with Crippen LogP contribution in [0.2, 0.25) is 0 Å². The minimum Gasteiger partial charge on any atom is -0.378 e. The van der Waals surface area contributed by atoms with E-state index in [9.17, 15) is 14.0 Å². The SMILES string of the molecule is CC(=O)N1CC(C(=O)N2CCOCC2)CCC1c1ccc(F)cc1. The van der Waals surface area contributed by atoms with Crippen molar-refractivity contribution in [3.8, 4) is 0 Å². The van der Waals surface area contributed by atoms with Gasteiger partial charge in [-0.1, -0.05) is 12.1 Å². The van der Waals surface area contributed by atoms with Crippen molar-refractivity contribution in [2.24, 2.45) is 5.92 Å². The monoisotopic (exact) mass is 334 g/mol. The van der Waals surface area contributed by atoms with Crippen molar-refractivity contribution in [2.75, 3.05) is 32.8 Å². The lowest BCUT2D eigenvalue weighted by atomic mass is 9.88. The Morgan fingerprint density at radius 2 is 1.79 bits per heavy atom. The number of rotatable bonds is 2. The maximum Gasteiger partial charge on any atom is 0.227 e. The molecular formula is C18H23FN2O3. The third-order valence-electron chi connectivity index (χ3n) is 4.91. The molecule has 1 aromatic carbocycles. The number of hydrogen-bond acceptors (Lipinski definition) is 3. The van der Waals surface area contributed by atoms with E-state index >= 15 is 0 Å². The molecule has 2 atom stereocenters. The van der Waals surface area contributed by atoms with E-state index < -0.39 is 0 Å². The molecule has 0 aromatic heterocycles. The van der Waals surface area contributed by atoms with Gasteiger partial charge in [0, 0.05) is 26.6 Å². The molecule has 2 aliphatic rings. The summed E-state index contributed by atoms with van der Waals surface area (Å²) in [5.41, 5.74) is 0.920. The average Bonchev–Trinajstić information content (AvgIpc) is 2.62. The first kappa shape index (κ1) is 16.9. The lowest BCUT2D eigenvalue weighted by Crippen LogP contribution is -2.50. The molecule has 2 fully saturated rings. The van der Waals surface area contributed by atoms with Gasteiger partial charge >= 0.3 is 0 Å². The lowest BCUT2D eigenvalue weighted by Gasteiger charge is -2.41. The Labute approximate surface area is 141 Å². The summed E-state index contributed by atoms with van der Waals surface area (Å²) >= 11 is 0. The molecule has 130 valence electrons. The Bertz CT molecular complexity index is 599. The number of ether oxygens (including phenoxy) is 1. The molecule has 2 heterocycles. The van der Waals surface area contributed by atoms with Crippen molar-refractivity contribution >= 4 is 11.8 Å². The molecule has 0 saturated carbocycles. The van der Waals surface area contributed by atoms with Crippen molar-refractivity contribution in [3.63, 3.8) is 0 Å². The molecule has 2 saturated heterocycles. The van der Waals surface area contributed by atoms with Crippen LogP contribution < -0.4 is 0 Å². The maximum absolute atomic E-state index is 13.1. The highest BCUT2D eigenvalue weighted by molar-refractivity contribution is 5.81. The summed E-state index contributed by atoms with van der Waals surface area (Å²) in [6.45, 7) is 4.35. The summed E-state index contributed by atoms with van der Waals surface area (Å²) in [7, 11) is 0. The Balaban J connectivity index is 1.72. The minimum absolute atomic E-state index is 0.0520. The second-order valence-corrected chi connectivity index (χ2v) is 6.45. The number of piperidine rings is 1. The van der Waals surface area contributed by atoms with E-state index in [4.69, 9.17) is 4.74 Å². The second kappa shape index (κ2) is 7.30. The van der Waals surface area contributed by atoms with Gasteiger partial charge in [0.2, 0.25) is 11.8 Å². The van der Waals surface area contributed by atoms with Crippen molar-refractivity contribution < 1.29 is 18.7 Å². The summed E-state index contributed by atoms with van der Waals surface area (Å²) in [6.07, 6.45) is 1.45. The van der Waals surface area contributed by atoms with E-state index in [1.54, 1.807) is 17.0 Å². The average molecular weight is 334 g/mol. The number of amides is 2. The van der Waals surface area contributed by atoms with Gasteiger partial charge in [0.15, 0.2) is 0 Å². The molecule has 2 amide bonds. The van der Waals surface area contributed by atoms with E-state index in [0.717, 1.165) is 12.0 Å². The van der Waals surface area contributed by atoms with Gasteiger partial charge in [-0.25, -0.2) is 4.39 Å². The third kappa shape index (κ3) is 3.59. The lowest BCUT2D eigenvalue weighted by molar-refractivity contribution is -0.145. The van der Waals surface area contributed by atoms with Gasteiger partial charge in [-0.3, -0.25) is 9.59 Å². The van der Waals surface area contributed by atoms with Crippen LogP contribution in [0.4, 0.5) is 4.39 Å². The highest BCUT2D eigenvalue weighted by Crippen LogP contribution is 2.34. The van der Waals surface area contributed by atoms with Crippen molar-refractivity contribution in [2.45, 2.75) is 25.8 Å². The summed E-state index contributed by atoms with van der Waals surface area (Å²) in [6, 6.07) is 6.19. The van der Waals surface area contributed by atoms with Crippen molar-refractivity contribution in [3.05, 3.63) is 35.6 Å². The van der Waals surface area contributed by atoms with E-state index in [2.05, 4.69) is 0 Å². The number of hydrogen-bond donors (Lipinski definition) is 0. The first-order chi connectivity index (χ1) is 11.6. The number of morpholine rings is 1. The highest BCUT2D eigenvalue weighted by Gasteiger charge is 2.36. The topological polar surface area (TPSA) is 49.9 Å². The summed E-state index contributed by atoms with van der Waals surface area (Å²) in [5, 5.41) is 0. The predicted molar refractivity (Wildman–Crippen MR) is 86.7 cm³/mol. The Hall–Kier alpha value is -1.95. The zero-order valence-electron chi connectivity index (χ0n) is 13.9. The third-order valence-corrected chi connectivity index (χ3v) is 4.91. The van der Waals surface area contributed by atoms with Crippen molar-refractivity contribution in [1.29, 1.82) is 0 Å². The van der Waals surface area contributed by atoms with Crippen LogP contribution in [0.5, 0.6) is 0 Å². The fourth-order valence-electron chi connectivity index (χ4n) is 3.59. The Morgan fingerprint density at radius 3 is 2.42 bits per heavy atom. The predicted octanol–water partition coefficient (Wildman–Crippen LogP) is 1.98. The molecule has 0 bridgehead atoms. The quantitative estimate of drug-likeness (QED) is 0.831. The Kier molecular flexibility index (Phi) is 5.14. The maximum atomic E-state index is 13.1. The number of likely N-dealkylation sites (tertiary alicyclic amines) is 1. The van der Waals surface area contributed by atoms with Crippen LogP contribution in [0.3, 0.4) is 0 Å². The van der Waals surface area contributed by atoms with Crippen LogP contribution in [0, 0.1) is 11.7 Å². The molecular weight excluding hydrogens is 311 g/mol. The molecule has 5 nitrogen and oxygen atoms in total. The molecule has 24 heavy (non-hydrogen) atoms. The molecule has 2 unspecified atom stereocenters. The summed E-state index contributed by atoms with van der Waals surface area (Å²) in [5.74, 6) is -0.390. The van der Waals surface area contributed by atoms with Gasteiger partial charge in [-0.05, 0) is 30.5 Å². The first-order valence-electron chi connectivity index (χ1n) is 8.45. The minimum atomic E-state index is -0.288.